The molecule has 6 rings (SSSR count). The van der Waals surface area contributed by atoms with Gasteiger partial charge in [-0.25, -0.2) is 14.2 Å². The molecule has 0 bridgehead atoms. The molecule has 0 aliphatic carbocycles. The molecular formula is C32H28FN3O4S. The number of anilines is 1. The van der Waals surface area contributed by atoms with Gasteiger partial charge < -0.3 is 14.4 Å². The highest BCUT2D eigenvalue weighted by Gasteiger charge is 2.35. The van der Waals surface area contributed by atoms with E-state index in [1.807, 2.05) is 60.7 Å². The Morgan fingerprint density at radius 1 is 1.05 bits per heavy atom. The zero-order chi connectivity index (χ0) is 28.3. The number of morpholine rings is 1. The van der Waals surface area contributed by atoms with Crippen molar-refractivity contribution in [3.05, 3.63) is 127 Å². The number of thiazole rings is 1. The molecule has 3 aromatic carbocycles. The Balaban J connectivity index is 1.51. The first kappa shape index (κ1) is 26.9. The van der Waals surface area contributed by atoms with Crippen molar-refractivity contribution in [2.75, 3.05) is 37.8 Å². The molecule has 0 amide bonds. The molecule has 0 spiro atoms. The van der Waals surface area contributed by atoms with Crippen LogP contribution >= 0.6 is 11.3 Å². The molecule has 4 aromatic rings. The van der Waals surface area contributed by atoms with Crippen LogP contribution in [0.2, 0.25) is 0 Å². The standard InChI is InChI=1S/C32H28FN3O4S/c1-2-40-31(38)27-28(22-6-4-3-5-7-22)34-32-36(29(27)23-10-12-24(33)13-11-23)30(37)26(41-32)20-21-8-14-25(15-9-21)35-16-18-39-19-17-35/h3-15,20,29H,2,16-19H2,1H3/b26-20+/t29-/m1/s1. The summed E-state index contributed by atoms with van der Waals surface area (Å²) >= 11 is 1.26. The third kappa shape index (κ3) is 5.38. The van der Waals surface area contributed by atoms with E-state index in [-0.39, 0.29) is 17.7 Å². The minimum atomic E-state index is -0.841. The number of hydrogen-bond acceptors (Lipinski definition) is 7. The summed E-state index contributed by atoms with van der Waals surface area (Å²) in [7, 11) is 0. The van der Waals surface area contributed by atoms with Crippen LogP contribution in [0.4, 0.5) is 10.1 Å². The van der Waals surface area contributed by atoms with Gasteiger partial charge in [-0.15, -0.1) is 0 Å². The third-order valence-electron chi connectivity index (χ3n) is 7.13. The topological polar surface area (TPSA) is 73.1 Å². The summed E-state index contributed by atoms with van der Waals surface area (Å²) in [5.41, 5.74) is 3.67. The molecule has 0 radical (unpaired) electrons. The molecule has 208 valence electrons. The van der Waals surface area contributed by atoms with Crippen molar-refractivity contribution in [1.29, 1.82) is 0 Å². The predicted octanol–water partition coefficient (Wildman–Crippen LogP) is 3.91. The SMILES string of the molecule is CCOC(=O)C1=C(c2ccccc2)N=c2s/c(=C/c3ccc(N4CCOCC4)cc3)c(=O)n2[C@@H]1c1ccc(F)cc1. The molecule has 2 aliphatic heterocycles. The zero-order valence-corrected chi connectivity index (χ0v) is 23.3. The normalized spacial score (nSPS) is 17.3. The summed E-state index contributed by atoms with van der Waals surface area (Å²) in [6, 6.07) is 22.4. The van der Waals surface area contributed by atoms with E-state index in [9.17, 15) is 14.0 Å². The maximum absolute atomic E-state index is 14.0. The van der Waals surface area contributed by atoms with Gasteiger partial charge in [-0.3, -0.25) is 9.36 Å². The fraction of sp³-hybridized carbons (Fsp3) is 0.219. The van der Waals surface area contributed by atoms with Gasteiger partial charge in [-0.05, 0) is 48.4 Å². The van der Waals surface area contributed by atoms with Gasteiger partial charge in [-0.2, -0.15) is 0 Å². The van der Waals surface area contributed by atoms with Gasteiger partial charge in [0.25, 0.3) is 5.56 Å². The van der Waals surface area contributed by atoms with Crippen molar-refractivity contribution in [3.63, 3.8) is 0 Å². The first-order valence-corrected chi connectivity index (χ1v) is 14.3. The molecule has 0 saturated carbocycles. The summed E-state index contributed by atoms with van der Waals surface area (Å²) in [5.74, 6) is -0.982. The van der Waals surface area contributed by atoms with E-state index in [1.165, 1.54) is 28.0 Å². The van der Waals surface area contributed by atoms with E-state index >= 15 is 0 Å². The molecule has 0 unspecified atom stereocenters. The van der Waals surface area contributed by atoms with Crippen molar-refractivity contribution in [3.8, 4) is 0 Å². The van der Waals surface area contributed by atoms with E-state index < -0.39 is 17.8 Å². The van der Waals surface area contributed by atoms with Crippen LogP contribution < -0.4 is 19.8 Å². The number of hydrogen-bond donors (Lipinski definition) is 0. The Bertz CT molecular complexity index is 1770. The van der Waals surface area contributed by atoms with Crippen molar-refractivity contribution < 1.29 is 18.7 Å². The average molecular weight is 570 g/mol. The lowest BCUT2D eigenvalue weighted by Gasteiger charge is -2.28. The Hall–Kier alpha value is -4.34. The van der Waals surface area contributed by atoms with Gasteiger partial charge >= 0.3 is 5.97 Å². The number of ether oxygens (including phenoxy) is 2. The fourth-order valence-electron chi connectivity index (χ4n) is 5.16. The number of carbonyl (C=O) groups excluding carboxylic acids is 1. The van der Waals surface area contributed by atoms with Crippen LogP contribution in [-0.2, 0) is 14.3 Å². The van der Waals surface area contributed by atoms with Gasteiger partial charge in [0, 0.05) is 24.3 Å². The quantitative estimate of drug-likeness (QED) is 0.330. The van der Waals surface area contributed by atoms with Gasteiger partial charge in [0.2, 0.25) is 0 Å². The van der Waals surface area contributed by atoms with Crippen LogP contribution in [0.15, 0.2) is 94.2 Å². The molecule has 0 N–H and O–H groups in total. The maximum Gasteiger partial charge on any atom is 0.338 e. The number of aromatic nitrogens is 1. The minimum absolute atomic E-state index is 0.158. The zero-order valence-electron chi connectivity index (χ0n) is 22.5. The van der Waals surface area contributed by atoms with Gasteiger partial charge in [0.1, 0.15) is 5.82 Å². The molecule has 7 nitrogen and oxygen atoms in total. The molecule has 1 aromatic heterocycles. The Kier molecular flexibility index (Phi) is 7.63. The summed E-state index contributed by atoms with van der Waals surface area (Å²) < 4.78 is 26.9. The lowest BCUT2D eigenvalue weighted by Crippen LogP contribution is -2.40. The highest BCUT2D eigenvalue weighted by Crippen LogP contribution is 2.35. The van der Waals surface area contributed by atoms with Crippen molar-refractivity contribution in [2.45, 2.75) is 13.0 Å². The molecule has 1 atom stereocenters. The lowest BCUT2D eigenvalue weighted by atomic mass is 9.93. The third-order valence-corrected chi connectivity index (χ3v) is 8.11. The predicted molar refractivity (Wildman–Crippen MR) is 157 cm³/mol. The number of carbonyl (C=O) groups is 1. The van der Waals surface area contributed by atoms with Crippen molar-refractivity contribution in [2.24, 2.45) is 4.99 Å². The summed E-state index contributed by atoms with van der Waals surface area (Å²) in [6.45, 7) is 4.98. The van der Waals surface area contributed by atoms with E-state index in [0.717, 1.165) is 29.9 Å². The number of fused-ring (bicyclic) bond motifs is 1. The summed E-state index contributed by atoms with van der Waals surface area (Å²) in [4.78, 5) is 35.0. The van der Waals surface area contributed by atoms with Crippen LogP contribution in [0.5, 0.6) is 0 Å². The van der Waals surface area contributed by atoms with Crippen LogP contribution in [0.25, 0.3) is 11.8 Å². The summed E-state index contributed by atoms with van der Waals surface area (Å²) in [6.07, 6.45) is 1.84. The molecule has 1 fully saturated rings. The minimum Gasteiger partial charge on any atom is -0.463 e. The van der Waals surface area contributed by atoms with Crippen LogP contribution in [0, 0.1) is 5.82 Å². The van der Waals surface area contributed by atoms with E-state index in [0.29, 0.717) is 33.8 Å². The number of rotatable bonds is 6. The molecular weight excluding hydrogens is 541 g/mol. The Labute approximate surface area is 240 Å². The monoisotopic (exact) mass is 569 g/mol. The molecule has 3 heterocycles. The number of nitrogens with zero attached hydrogens (tertiary/aromatic N) is 3. The summed E-state index contributed by atoms with van der Waals surface area (Å²) in [5, 5.41) is 0. The number of halogens is 1. The maximum atomic E-state index is 14.0. The van der Waals surface area contributed by atoms with Crippen molar-refractivity contribution >= 4 is 34.8 Å². The molecule has 9 heteroatoms. The average Bonchev–Trinajstić information content (AvgIpc) is 3.32. The van der Waals surface area contributed by atoms with E-state index in [2.05, 4.69) is 4.90 Å². The second-order valence-electron chi connectivity index (χ2n) is 9.67. The first-order chi connectivity index (χ1) is 20.0. The first-order valence-electron chi connectivity index (χ1n) is 13.5. The number of benzene rings is 3. The molecule has 2 aliphatic rings. The Morgan fingerprint density at radius 2 is 1.76 bits per heavy atom. The van der Waals surface area contributed by atoms with Gasteiger partial charge in [-0.1, -0.05) is 65.9 Å². The molecule has 41 heavy (non-hydrogen) atoms. The lowest BCUT2D eigenvalue weighted by molar-refractivity contribution is -0.138. The smallest absolute Gasteiger partial charge is 0.338 e. The Morgan fingerprint density at radius 3 is 2.44 bits per heavy atom. The highest BCUT2D eigenvalue weighted by molar-refractivity contribution is 7.07. The van der Waals surface area contributed by atoms with Gasteiger partial charge in [0.05, 0.1) is 41.7 Å². The molecule has 1 saturated heterocycles. The van der Waals surface area contributed by atoms with Gasteiger partial charge in [0.15, 0.2) is 4.80 Å². The second-order valence-corrected chi connectivity index (χ2v) is 10.7. The highest BCUT2D eigenvalue weighted by atomic mass is 32.1. The van der Waals surface area contributed by atoms with Crippen LogP contribution in [-0.4, -0.2) is 43.4 Å². The largest absolute Gasteiger partial charge is 0.463 e. The van der Waals surface area contributed by atoms with Crippen molar-refractivity contribution in [1.82, 2.24) is 4.57 Å². The van der Waals surface area contributed by atoms with Crippen LogP contribution in [0.1, 0.15) is 29.7 Å². The van der Waals surface area contributed by atoms with Crippen LogP contribution in [0.3, 0.4) is 0 Å². The number of esters is 1. The van der Waals surface area contributed by atoms with E-state index in [4.69, 9.17) is 14.5 Å². The fourth-order valence-corrected chi connectivity index (χ4v) is 6.16. The van der Waals surface area contributed by atoms with E-state index in [1.54, 1.807) is 19.1 Å². The second kappa shape index (κ2) is 11.6.